The van der Waals surface area contributed by atoms with E-state index in [0.717, 1.165) is 31.4 Å². The van der Waals surface area contributed by atoms with E-state index in [4.69, 9.17) is 10.5 Å². The standard InChI is InChI=1S/C14H21N3O2/c1-3-11-7-10(8-12(15)17-11)13(18)16-9-14(19-2)5-4-6-14/h7-8H,3-6,9H2,1-2H3,(H2,15,17)(H,16,18). The van der Waals surface area contributed by atoms with Crippen molar-refractivity contribution in [3.63, 3.8) is 0 Å². The van der Waals surface area contributed by atoms with Crippen molar-refractivity contribution in [2.45, 2.75) is 38.2 Å². The molecule has 2 rings (SSSR count). The Hall–Kier alpha value is -1.62. The van der Waals surface area contributed by atoms with Crippen molar-refractivity contribution in [3.8, 4) is 0 Å². The molecule has 3 N–H and O–H groups in total. The lowest BCUT2D eigenvalue weighted by Crippen LogP contribution is -2.49. The molecule has 5 nitrogen and oxygen atoms in total. The lowest BCUT2D eigenvalue weighted by atomic mass is 9.80. The van der Waals surface area contributed by atoms with Gasteiger partial charge < -0.3 is 15.8 Å². The van der Waals surface area contributed by atoms with E-state index in [0.29, 0.717) is 17.9 Å². The number of pyridine rings is 1. The molecule has 0 aliphatic heterocycles. The number of hydrogen-bond acceptors (Lipinski definition) is 4. The number of rotatable bonds is 5. The number of ether oxygens (including phenoxy) is 1. The zero-order valence-electron chi connectivity index (χ0n) is 11.5. The predicted molar refractivity (Wildman–Crippen MR) is 74.0 cm³/mol. The van der Waals surface area contributed by atoms with Crippen LogP contribution in [0.15, 0.2) is 12.1 Å². The number of anilines is 1. The van der Waals surface area contributed by atoms with Gasteiger partial charge >= 0.3 is 0 Å². The number of aromatic nitrogens is 1. The maximum Gasteiger partial charge on any atom is 0.251 e. The van der Waals surface area contributed by atoms with Crippen LogP contribution in [0.1, 0.15) is 42.2 Å². The first-order valence-electron chi connectivity index (χ1n) is 6.68. The summed E-state index contributed by atoms with van der Waals surface area (Å²) in [4.78, 5) is 16.3. The van der Waals surface area contributed by atoms with E-state index in [9.17, 15) is 4.79 Å². The second kappa shape index (κ2) is 5.57. The van der Waals surface area contributed by atoms with Gasteiger partial charge in [-0.15, -0.1) is 0 Å². The minimum absolute atomic E-state index is 0.118. The van der Waals surface area contributed by atoms with Gasteiger partial charge in [0, 0.05) is 24.9 Å². The van der Waals surface area contributed by atoms with Crippen molar-refractivity contribution in [3.05, 3.63) is 23.4 Å². The molecule has 1 fully saturated rings. The van der Waals surface area contributed by atoms with Gasteiger partial charge in [-0.25, -0.2) is 4.98 Å². The van der Waals surface area contributed by atoms with Gasteiger partial charge in [0.1, 0.15) is 5.82 Å². The van der Waals surface area contributed by atoms with Crippen molar-refractivity contribution in [2.75, 3.05) is 19.4 Å². The minimum atomic E-state index is -0.165. The molecule has 1 aromatic heterocycles. The molecule has 0 radical (unpaired) electrons. The van der Waals surface area contributed by atoms with E-state index in [1.165, 1.54) is 0 Å². The zero-order chi connectivity index (χ0) is 13.9. The topological polar surface area (TPSA) is 77.2 Å². The SMILES string of the molecule is CCc1cc(C(=O)NCC2(OC)CCC2)cc(N)n1. The van der Waals surface area contributed by atoms with E-state index >= 15 is 0 Å². The molecule has 5 heteroatoms. The average molecular weight is 263 g/mol. The summed E-state index contributed by atoms with van der Waals surface area (Å²) >= 11 is 0. The fourth-order valence-corrected chi connectivity index (χ4v) is 2.29. The summed E-state index contributed by atoms with van der Waals surface area (Å²) in [6, 6.07) is 3.39. The number of carbonyl (C=O) groups excluding carboxylic acids is 1. The van der Waals surface area contributed by atoms with Gasteiger partial charge in [0.05, 0.1) is 5.60 Å². The highest BCUT2D eigenvalue weighted by Crippen LogP contribution is 2.34. The number of nitrogens with one attached hydrogen (secondary N) is 1. The van der Waals surface area contributed by atoms with Gasteiger partial charge in [-0.3, -0.25) is 4.79 Å². The first-order valence-corrected chi connectivity index (χ1v) is 6.68. The van der Waals surface area contributed by atoms with Crippen LogP contribution in [0.3, 0.4) is 0 Å². The summed E-state index contributed by atoms with van der Waals surface area (Å²) < 4.78 is 5.48. The monoisotopic (exact) mass is 263 g/mol. The molecule has 1 aliphatic carbocycles. The van der Waals surface area contributed by atoms with Crippen molar-refractivity contribution < 1.29 is 9.53 Å². The van der Waals surface area contributed by atoms with Gasteiger partial charge in [0.2, 0.25) is 0 Å². The van der Waals surface area contributed by atoms with Crippen LogP contribution in [0.25, 0.3) is 0 Å². The summed E-state index contributed by atoms with van der Waals surface area (Å²) in [5, 5.41) is 2.92. The van der Waals surface area contributed by atoms with Gasteiger partial charge in [-0.05, 0) is 37.8 Å². The number of nitrogen functional groups attached to an aromatic ring is 1. The van der Waals surface area contributed by atoms with Crippen molar-refractivity contribution >= 4 is 11.7 Å². The van der Waals surface area contributed by atoms with Gasteiger partial charge in [-0.1, -0.05) is 6.92 Å². The first kappa shape index (κ1) is 13.8. The van der Waals surface area contributed by atoms with E-state index < -0.39 is 0 Å². The highest BCUT2D eigenvalue weighted by Gasteiger charge is 2.37. The molecule has 0 bridgehead atoms. The summed E-state index contributed by atoms with van der Waals surface area (Å²) in [7, 11) is 1.70. The first-order chi connectivity index (χ1) is 9.08. The van der Waals surface area contributed by atoms with Crippen LogP contribution in [-0.2, 0) is 11.2 Å². The molecule has 0 saturated heterocycles. The second-order valence-electron chi connectivity index (χ2n) is 5.05. The molecule has 1 aromatic rings. The second-order valence-corrected chi connectivity index (χ2v) is 5.05. The van der Waals surface area contributed by atoms with Gasteiger partial charge in [-0.2, -0.15) is 0 Å². The fraction of sp³-hybridized carbons (Fsp3) is 0.571. The molecule has 19 heavy (non-hydrogen) atoms. The summed E-state index contributed by atoms with van der Waals surface area (Å²) in [6.45, 7) is 2.53. The van der Waals surface area contributed by atoms with Crippen LogP contribution < -0.4 is 11.1 Å². The highest BCUT2D eigenvalue weighted by molar-refractivity contribution is 5.95. The molecule has 1 aliphatic rings. The van der Waals surface area contributed by atoms with E-state index in [1.54, 1.807) is 19.2 Å². The van der Waals surface area contributed by atoms with Crippen LogP contribution in [0, 0.1) is 0 Å². The Balaban J connectivity index is 2.01. The zero-order valence-corrected chi connectivity index (χ0v) is 11.5. The number of nitrogens with two attached hydrogens (primary N) is 1. The number of amides is 1. The largest absolute Gasteiger partial charge is 0.384 e. The molecule has 0 spiro atoms. The molecule has 1 heterocycles. The average Bonchev–Trinajstić information content (AvgIpc) is 2.37. The predicted octanol–water partition coefficient (Wildman–Crippen LogP) is 1.53. The maximum atomic E-state index is 12.1. The van der Waals surface area contributed by atoms with E-state index in [1.807, 2.05) is 6.92 Å². The lowest BCUT2D eigenvalue weighted by Gasteiger charge is -2.40. The van der Waals surface area contributed by atoms with Crippen LogP contribution in [0.2, 0.25) is 0 Å². The van der Waals surface area contributed by atoms with Crippen molar-refractivity contribution in [1.82, 2.24) is 10.3 Å². The molecule has 0 aromatic carbocycles. The normalized spacial score (nSPS) is 16.7. The molecule has 0 atom stereocenters. The van der Waals surface area contributed by atoms with Crippen LogP contribution >= 0.6 is 0 Å². The van der Waals surface area contributed by atoms with Gasteiger partial charge in [0.15, 0.2) is 0 Å². The minimum Gasteiger partial charge on any atom is -0.384 e. The van der Waals surface area contributed by atoms with E-state index in [-0.39, 0.29) is 11.5 Å². The summed E-state index contributed by atoms with van der Waals surface area (Å²) in [6.07, 6.45) is 3.92. The Morgan fingerprint density at radius 2 is 2.26 bits per heavy atom. The van der Waals surface area contributed by atoms with E-state index in [2.05, 4.69) is 10.3 Å². The number of nitrogens with zero attached hydrogens (tertiary/aromatic N) is 1. The Labute approximate surface area is 113 Å². The molecule has 0 unspecified atom stereocenters. The third kappa shape index (κ3) is 3.04. The Kier molecular flexibility index (Phi) is 4.04. The molecule has 104 valence electrons. The third-order valence-corrected chi connectivity index (χ3v) is 3.79. The molecule has 1 saturated carbocycles. The quantitative estimate of drug-likeness (QED) is 0.844. The van der Waals surface area contributed by atoms with Crippen molar-refractivity contribution in [1.29, 1.82) is 0 Å². The van der Waals surface area contributed by atoms with Crippen LogP contribution in [0.4, 0.5) is 5.82 Å². The smallest absolute Gasteiger partial charge is 0.251 e. The number of aryl methyl sites for hydroxylation is 1. The Morgan fingerprint density at radius 1 is 1.53 bits per heavy atom. The Bertz CT molecular complexity index is 464. The Morgan fingerprint density at radius 3 is 2.79 bits per heavy atom. The van der Waals surface area contributed by atoms with Crippen LogP contribution in [0.5, 0.6) is 0 Å². The fourth-order valence-electron chi connectivity index (χ4n) is 2.29. The summed E-state index contributed by atoms with van der Waals surface area (Å²) in [5.74, 6) is 0.265. The molecular weight excluding hydrogens is 242 g/mol. The summed E-state index contributed by atoms with van der Waals surface area (Å²) in [5.41, 5.74) is 6.93. The number of carbonyl (C=O) groups is 1. The highest BCUT2D eigenvalue weighted by atomic mass is 16.5. The molecule has 1 amide bonds. The molecular formula is C14H21N3O2. The van der Waals surface area contributed by atoms with Crippen molar-refractivity contribution in [2.24, 2.45) is 0 Å². The number of methoxy groups -OCH3 is 1. The number of hydrogen-bond donors (Lipinski definition) is 2. The lowest BCUT2D eigenvalue weighted by molar-refractivity contribution is -0.0679. The van der Waals surface area contributed by atoms with Crippen LogP contribution in [-0.4, -0.2) is 30.1 Å². The van der Waals surface area contributed by atoms with Gasteiger partial charge in [0.25, 0.3) is 5.91 Å². The third-order valence-electron chi connectivity index (χ3n) is 3.79. The maximum absolute atomic E-state index is 12.1.